The molecule has 0 aromatic carbocycles. The Morgan fingerprint density at radius 3 is 2.57 bits per heavy atom. The lowest BCUT2D eigenvalue weighted by molar-refractivity contribution is -0.142. The van der Waals surface area contributed by atoms with E-state index in [1.54, 1.807) is 0 Å². The number of urea groups is 1. The highest BCUT2D eigenvalue weighted by atomic mass is 16.5. The van der Waals surface area contributed by atoms with Crippen molar-refractivity contribution in [1.29, 1.82) is 0 Å². The van der Waals surface area contributed by atoms with Gasteiger partial charge in [0, 0.05) is 6.54 Å². The molecule has 6 nitrogen and oxygen atoms in total. The van der Waals surface area contributed by atoms with Gasteiger partial charge in [-0.25, -0.2) is 4.79 Å². The number of rotatable bonds is 6. The summed E-state index contributed by atoms with van der Waals surface area (Å²) in [7, 11) is 1.30. The summed E-state index contributed by atoms with van der Waals surface area (Å²) in [5.41, 5.74) is 10.3. The van der Waals surface area contributed by atoms with Gasteiger partial charge in [-0.3, -0.25) is 4.79 Å². The van der Waals surface area contributed by atoms with Gasteiger partial charge in [-0.1, -0.05) is 0 Å². The molecule has 2 amide bonds. The second kappa shape index (κ2) is 7.14. The van der Waals surface area contributed by atoms with Gasteiger partial charge in [0.15, 0.2) is 0 Å². The van der Waals surface area contributed by atoms with Crippen LogP contribution >= 0.6 is 0 Å². The van der Waals surface area contributed by atoms with Gasteiger partial charge in [-0.2, -0.15) is 0 Å². The molecule has 1 atom stereocenters. The molecule has 0 bridgehead atoms. The molecule has 0 fully saturated rings. The third kappa shape index (κ3) is 6.24. The molecule has 0 aliphatic rings. The van der Waals surface area contributed by atoms with Gasteiger partial charge in [0.1, 0.15) is 6.04 Å². The molecular weight excluding hydrogens is 186 g/mol. The molecule has 0 radical (unpaired) electrons. The Hall–Kier alpha value is -1.30. The molecule has 5 N–H and O–H groups in total. The van der Waals surface area contributed by atoms with E-state index >= 15 is 0 Å². The van der Waals surface area contributed by atoms with Gasteiger partial charge in [-0.05, 0) is 19.3 Å². The molecule has 0 saturated carbocycles. The zero-order valence-corrected chi connectivity index (χ0v) is 8.29. The second-order valence-corrected chi connectivity index (χ2v) is 2.92. The van der Waals surface area contributed by atoms with Crippen molar-refractivity contribution in [2.24, 2.45) is 11.5 Å². The Bertz CT molecular complexity index is 196. The number of carbonyl (C=O) groups is 2. The summed E-state index contributed by atoms with van der Waals surface area (Å²) in [6.07, 6.45) is 2.04. The van der Waals surface area contributed by atoms with Gasteiger partial charge < -0.3 is 21.5 Å². The average molecular weight is 203 g/mol. The van der Waals surface area contributed by atoms with Crippen LogP contribution in [0.5, 0.6) is 0 Å². The van der Waals surface area contributed by atoms with Crippen LogP contribution in [0.4, 0.5) is 4.79 Å². The number of hydrogen-bond acceptors (Lipinski definition) is 4. The molecule has 14 heavy (non-hydrogen) atoms. The molecule has 0 spiro atoms. The molecule has 0 rings (SSSR count). The van der Waals surface area contributed by atoms with Crippen LogP contribution in [0.15, 0.2) is 0 Å². The third-order valence-corrected chi connectivity index (χ3v) is 1.75. The van der Waals surface area contributed by atoms with Crippen molar-refractivity contribution in [2.75, 3.05) is 13.7 Å². The van der Waals surface area contributed by atoms with E-state index in [0.29, 0.717) is 13.0 Å². The van der Waals surface area contributed by atoms with Gasteiger partial charge in [0.25, 0.3) is 0 Å². The lowest BCUT2D eigenvalue weighted by Crippen LogP contribution is -2.32. The molecule has 6 heteroatoms. The minimum atomic E-state index is -0.575. The topological polar surface area (TPSA) is 107 Å². The normalized spacial score (nSPS) is 11.9. The number of amides is 2. The van der Waals surface area contributed by atoms with Crippen LogP contribution in [0.3, 0.4) is 0 Å². The van der Waals surface area contributed by atoms with Crippen LogP contribution in [-0.4, -0.2) is 31.7 Å². The van der Waals surface area contributed by atoms with Crippen LogP contribution in [0.1, 0.15) is 19.3 Å². The van der Waals surface area contributed by atoms with Crippen molar-refractivity contribution in [1.82, 2.24) is 5.32 Å². The van der Waals surface area contributed by atoms with Crippen LogP contribution < -0.4 is 16.8 Å². The van der Waals surface area contributed by atoms with Gasteiger partial charge >= 0.3 is 12.0 Å². The predicted molar refractivity (Wildman–Crippen MR) is 51.4 cm³/mol. The van der Waals surface area contributed by atoms with Crippen LogP contribution in [-0.2, 0) is 9.53 Å². The Morgan fingerprint density at radius 1 is 1.43 bits per heavy atom. The summed E-state index contributed by atoms with van der Waals surface area (Å²) < 4.78 is 4.45. The molecule has 0 aromatic rings. The summed E-state index contributed by atoms with van der Waals surface area (Å²) in [6.45, 7) is 0.503. The van der Waals surface area contributed by atoms with Crippen LogP contribution in [0.2, 0.25) is 0 Å². The van der Waals surface area contributed by atoms with E-state index < -0.39 is 18.0 Å². The summed E-state index contributed by atoms with van der Waals surface area (Å²) in [5, 5.41) is 2.44. The lowest BCUT2D eigenvalue weighted by Gasteiger charge is -2.08. The Labute approximate surface area is 83.0 Å². The fraction of sp³-hybridized carbons (Fsp3) is 0.750. The first-order valence-corrected chi connectivity index (χ1v) is 4.44. The van der Waals surface area contributed by atoms with Crippen molar-refractivity contribution in [3.8, 4) is 0 Å². The number of nitrogens with two attached hydrogens (primary N) is 2. The van der Waals surface area contributed by atoms with Crippen molar-refractivity contribution in [2.45, 2.75) is 25.3 Å². The predicted octanol–water partition coefficient (Wildman–Crippen LogP) is -0.675. The first-order chi connectivity index (χ1) is 6.57. The summed E-state index contributed by atoms with van der Waals surface area (Å²) in [5.74, 6) is -0.409. The van der Waals surface area contributed by atoms with E-state index in [1.165, 1.54) is 7.11 Å². The number of methoxy groups -OCH3 is 1. The number of hydrogen-bond donors (Lipinski definition) is 3. The number of unbranched alkanes of at least 4 members (excludes halogenated alkanes) is 1. The minimum absolute atomic E-state index is 0.409. The number of ether oxygens (including phenoxy) is 1. The molecule has 0 saturated heterocycles. The highest BCUT2D eigenvalue weighted by Gasteiger charge is 2.12. The van der Waals surface area contributed by atoms with Gasteiger partial charge in [0.05, 0.1) is 7.11 Å². The molecule has 0 aliphatic heterocycles. The van der Waals surface area contributed by atoms with Crippen molar-refractivity contribution in [3.63, 3.8) is 0 Å². The monoisotopic (exact) mass is 203 g/mol. The number of nitrogens with one attached hydrogen (secondary N) is 1. The molecule has 0 aliphatic carbocycles. The van der Waals surface area contributed by atoms with E-state index in [1.807, 2.05) is 0 Å². The molecule has 82 valence electrons. The van der Waals surface area contributed by atoms with E-state index in [4.69, 9.17) is 11.5 Å². The average Bonchev–Trinajstić information content (AvgIpc) is 2.15. The fourth-order valence-electron chi connectivity index (χ4n) is 0.970. The smallest absolute Gasteiger partial charge is 0.322 e. The number of primary amides is 1. The third-order valence-electron chi connectivity index (χ3n) is 1.75. The maximum Gasteiger partial charge on any atom is 0.322 e. The molecule has 0 unspecified atom stereocenters. The van der Waals surface area contributed by atoms with Crippen LogP contribution in [0, 0.1) is 0 Å². The maximum absolute atomic E-state index is 10.8. The maximum atomic E-state index is 10.8. The standard InChI is InChI=1S/C8H17N3O3/c1-14-7(12)6(9)4-2-3-5-11-8(10)13/h6H,2-5,9H2,1H3,(H3,10,11,13)/t6-/m0/s1. The van der Waals surface area contributed by atoms with Gasteiger partial charge in [-0.15, -0.1) is 0 Å². The lowest BCUT2D eigenvalue weighted by atomic mass is 10.1. The van der Waals surface area contributed by atoms with E-state index in [2.05, 4.69) is 10.1 Å². The summed E-state index contributed by atoms with van der Waals surface area (Å²) >= 11 is 0. The Morgan fingerprint density at radius 2 is 2.07 bits per heavy atom. The SMILES string of the molecule is COC(=O)[C@@H](N)CCCCNC(N)=O. The molecular formula is C8H17N3O3. The largest absolute Gasteiger partial charge is 0.468 e. The van der Waals surface area contributed by atoms with Crippen LogP contribution in [0.25, 0.3) is 0 Å². The quantitative estimate of drug-likeness (QED) is 0.393. The van der Waals surface area contributed by atoms with Crippen molar-refractivity contribution >= 4 is 12.0 Å². The zero-order chi connectivity index (χ0) is 11.0. The molecule has 0 aromatic heterocycles. The van der Waals surface area contributed by atoms with E-state index in [-0.39, 0.29) is 0 Å². The summed E-state index contributed by atoms with van der Waals surface area (Å²) in [4.78, 5) is 21.1. The van der Waals surface area contributed by atoms with Crippen molar-refractivity contribution in [3.05, 3.63) is 0 Å². The highest BCUT2D eigenvalue weighted by molar-refractivity contribution is 5.75. The first-order valence-electron chi connectivity index (χ1n) is 4.44. The van der Waals surface area contributed by atoms with E-state index in [9.17, 15) is 9.59 Å². The highest BCUT2D eigenvalue weighted by Crippen LogP contribution is 1.99. The second-order valence-electron chi connectivity index (χ2n) is 2.92. The number of carbonyl (C=O) groups excluding carboxylic acids is 2. The first kappa shape index (κ1) is 12.7. The van der Waals surface area contributed by atoms with Crippen molar-refractivity contribution < 1.29 is 14.3 Å². The van der Waals surface area contributed by atoms with Gasteiger partial charge in [0.2, 0.25) is 0 Å². The fourth-order valence-corrected chi connectivity index (χ4v) is 0.970. The summed E-state index contributed by atoms with van der Waals surface area (Å²) in [6, 6.07) is -1.11. The number of esters is 1. The van der Waals surface area contributed by atoms with E-state index in [0.717, 1.165) is 12.8 Å². The Kier molecular flexibility index (Phi) is 6.47. The minimum Gasteiger partial charge on any atom is -0.468 e. The zero-order valence-electron chi connectivity index (χ0n) is 8.29. The Balaban J connectivity index is 3.36. The molecule has 0 heterocycles.